The molecule has 0 aliphatic carbocycles. The molecule has 0 spiro atoms. The largest absolute Gasteiger partial charge is 0.486 e. The first-order chi connectivity index (χ1) is 8.29. The molecule has 0 fully saturated rings. The number of halogens is 1. The topological polar surface area (TPSA) is 34.1 Å². The van der Waals surface area contributed by atoms with Crippen LogP contribution >= 0.6 is 22.9 Å². The predicted molar refractivity (Wildman–Crippen MR) is 70.7 cm³/mol. The monoisotopic (exact) mass is 268 g/mol. The second-order valence-electron chi connectivity index (χ2n) is 3.56. The van der Waals surface area contributed by atoms with Crippen LogP contribution in [0.2, 0.25) is 5.02 Å². The van der Waals surface area contributed by atoms with Crippen molar-refractivity contribution in [3.05, 3.63) is 45.4 Å². The summed E-state index contributed by atoms with van der Waals surface area (Å²) in [4.78, 5) is 4.15. The van der Waals surface area contributed by atoms with Gasteiger partial charge in [0.25, 0.3) is 0 Å². The highest BCUT2D eigenvalue weighted by atomic mass is 35.5. The smallest absolute Gasteiger partial charge is 0.138 e. The summed E-state index contributed by atoms with van der Waals surface area (Å²) in [5.41, 5.74) is 3.85. The molecule has 5 heteroatoms. The Bertz CT molecular complexity index is 473. The number of hydrogen-bond donors (Lipinski definition) is 1. The van der Waals surface area contributed by atoms with E-state index < -0.39 is 0 Å². The first-order valence-electron chi connectivity index (χ1n) is 5.22. The van der Waals surface area contributed by atoms with Crippen LogP contribution < -0.4 is 10.1 Å². The fourth-order valence-corrected chi connectivity index (χ4v) is 2.24. The van der Waals surface area contributed by atoms with Crippen LogP contribution in [0.1, 0.15) is 11.3 Å². The van der Waals surface area contributed by atoms with E-state index in [-0.39, 0.29) is 0 Å². The van der Waals surface area contributed by atoms with E-state index in [4.69, 9.17) is 16.3 Å². The Balaban J connectivity index is 2.01. The molecule has 0 unspecified atom stereocenters. The van der Waals surface area contributed by atoms with Crippen LogP contribution in [-0.4, -0.2) is 12.0 Å². The summed E-state index contributed by atoms with van der Waals surface area (Å²) >= 11 is 7.69. The minimum atomic E-state index is 0.453. The zero-order valence-corrected chi connectivity index (χ0v) is 11.0. The maximum absolute atomic E-state index is 6.13. The second kappa shape index (κ2) is 6.00. The highest BCUT2D eigenvalue weighted by Gasteiger charge is 2.04. The number of nitrogens with one attached hydrogen (secondary N) is 1. The van der Waals surface area contributed by atoms with Gasteiger partial charge in [-0.1, -0.05) is 17.7 Å². The molecule has 2 rings (SSSR count). The molecule has 2 aromatic rings. The fourth-order valence-electron chi connectivity index (χ4n) is 1.44. The van der Waals surface area contributed by atoms with Crippen LogP contribution in [0.4, 0.5) is 0 Å². The minimum absolute atomic E-state index is 0.453. The molecule has 0 amide bonds. The maximum Gasteiger partial charge on any atom is 0.138 e. The number of nitrogens with zero attached hydrogens (tertiary/aromatic N) is 1. The first kappa shape index (κ1) is 12.4. The van der Waals surface area contributed by atoms with E-state index in [9.17, 15) is 0 Å². The van der Waals surface area contributed by atoms with Crippen molar-refractivity contribution < 1.29 is 4.74 Å². The van der Waals surface area contributed by atoms with Crippen LogP contribution in [0.25, 0.3) is 0 Å². The third-order valence-electron chi connectivity index (χ3n) is 2.24. The number of aromatic nitrogens is 1. The third-order valence-corrected chi connectivity index (χ3v) is 3.17. The molecular formula is C12H13ClN2OS. The molecule has 0 aliphatic heterocycles. The summed E-state index contributed by atoms with van der Waals surface area (Å²) in [6.07, 6.45) is 0. The predicted octanol–water partition coefficient (Wildman–Crippen LogP) is 3.09. The van der Waals surface area contributed by atoms with Gasteiger partial charge in [-0.05, 0) is 24.7 Å². The molecule has 17 heavy (non-hydrogen) atoms. The number of hydrogen-bond acceptors (Lipinski definition) is 4. The van der Waals surface area contributed by atoms with E-state index in [2.05, 4.69) is 10.3 Å². The van der Waals surface area contributed by atoms with Crippen molar-refractivity contribution >= 4 is 22.9 Å². The van der Waals surface area contributed by atoms with Crippen molar-refractivity contribution in [2.75, 3.05) is 7.05 Å². The van der Waals surface area contributed by atoms with Crippen molar-refractivity contribution in [3.63, 3.8) is 0 Å². The van der Waals surface area contributed by atoms with Gasteiger partial charge in [-0.15, -0.1) is 11.3 Å². The lowest BCUT2D eigenvalue weighted by molar-refractivity contribution is 0.302. The quantitative estimate of drug-likeness (QED) is 0.905. The summed E-state index contributed by atoms with van der Waals surface area (Å²) in [5.74, 6) is 0.694. The Morgan fingerprint density at radius 2 is 2.35 bits per heavy atom. The summed E-state index contributed by atoms with van der Waals surface area (Å²) in [6, 6.07) is 5.80. The van der Waals surface area contributed by atoms with Crippen molar-refractivity contribution in [1.82, 2.24) is 10.3 Å². The average molecular weight is 269 g/mol. The molecule has 90 valence electrons. The van der Waals surface area contributed by atoms with Gasteiger partial charge in [-0.2, -0.15) is 0 Å². The van der Waals surface area contributed by atoms with Crippen LogP contribution in [0, 0.1) is 0 Å². The van der Waals surface area contributed by atoms with Crippen molar-refractivity contribution in [3.8, 4) is 5.75 Å². The second-order valence-corrected chi connectivity index (χ2v) is 4.69. The van der Waals surface area contributed by atoms with Crippen molar-refractivity contribution in [2.24, 2.45) is 0 Å². The third kappa shape index (κ3) is 3.43. The van der Waals surface area contributed by atoms with Gasteiger partial charge in [0, 0.05) is 11.9 Å². The molecule has 0 aliphatic rings. The first-order valence-corrected chi connectivity index (χ1v) is 6.54. The van der Waals surface area contributed by atoms with Gasteiger partial charge < -0.3 is 10.1 Å². The number of thiazole rings is 1. The van der Waals surface area contributed by atoms with Crippen LogP contribution in [0.3, 0.4) is 0 Å². The Morgan fingerprint density at radius 3 is 3.00 bits per heavy atom. The number of ether oxygens (including phenoxy) is 1. The van der Waals surface area contributed by atoms with Crippen LogP contribution in [0.15, 0.2) is 29.1 Å². The maximum atomic E-state index is 6.13. The Morgan fingerprint density at radius 1 is 1.47 bits per heavy atom. The lowest BCUT2D eigenvalue weighted by Crippen LogP contribution is -2.05. The van der Waals surface area contributed by atoms with E-state index in [1.54, 1.807) is 16.8 Å². The summed E-state index contributed by atoms with van der Waals surface area (Å²) in [5, 5.41) is 5.67. The van der Waals surface area contributed by atoms with Gasteiger partial charge in [0.2, 0.25) is 0 Å². The SMILES string of the molecule is CNCc1ccc(OCc2cscn2)c(Cl)c1. The van der Waals surface area contributed by atoms with Gasteiger partial charge in [0.05, 0.1) is 16.2 Å². The summed E-state index contributed by atoms with van der Waals surface area (Å²) < 4.78 is 5.61. The zero-order chi connectivity index (χ0) is 12.1. The zero-order valence-electron chi connectivity index (χ0n) is 9.44. The molecule has 0 bridgehead atoms. The summed E-state index contributed by atoms with van der Waals surface area (Å²) in [7, 11) is 1.90. The fraction of sp³-hybridized carbons (Fsp3) is 0.250. The molecule has 0 saturated carbocycles. The standard InChI is InChI=1S/C12H13ClN2OS/c1-14-5-9-2-3-12(11(13)4-9)16-6-10-7-17-8-15-10/h2-4,7-8,14H,5-6H2,1H3. The lowest BCUT2D eigenvalue weighted by atomic mass is 10.2. The summed E-state index contributed by atoms with van der Waals surface area (Å²) in [6.45, 7) is 1.25. The lowest BCUT2D eigenvalue weighted by Gasteiger charge is -2.08. The minimum Gasteiger partial charge on any atom is -0.486 e. The molecule has 0 saturated heterocycles. The molecule has 1 heterocycles. The van der Waals surface area contributed by atoms with Crippen molar-refractivity contribution in [1.29, 1.82) is 0 Å². The normalized spacial score (nSPS) is 10.5. The van der Waals surface area contributed by atoms with Gasteiger partial charge in [-0.3, -0.25) is 0 Å². The van der Waals surface area contributed by atoms with Gasteiger partial charge in [0.15, 0.2) is 0 Å². The number of rotatable bonds is 5. The van der Waals surface area contributed by atoms with E-state index >= 15 is 0 Å². The molecular weight excluding hydrogens is 256 g/mol. The molecule has 1 aromatic heterocycles. The van der Waals surface area contributed by atoms with Crippen LogP contribution in [0.5, 0.6) is 5.75 Å². The van der Waals surface area contributed by atoms with Gasteiger partial charge >= 0.3 is 0 Å². The highest BCUT2D eigenvalue weighted by Crippen LogP contribution is 2.26. The van der Waals surface area contributed by atoms with E-state index in [0.717, 1.165) is 17.8 Å². The van der Waals surface area contributed by atoms with Crippen molar-refractivity contribution in [2.45, 2.75) is 13.2 Å². The molecule has 3 nitrogen and oxygen atoms in total. The molecule has 0 atom stereocenters. The number of benzene rings is 1. The van der Waals surface area contributed by atoms with E-state index in [1.807, 2.05) is 30.6 Å². The van der Waals surface area contributed by atoms with Crippen LogP contribution in [-0.2, 0) is 13.2 Å². The van der Waals surface area contributed by atoms with Gasteiger partial charge in [-0.25, -0.2) is 4.98 Å². The Kier molecular flexibility index (Phi) is 4.36. The molecule has 1 N–H and O–H groups in total. The van der Waals surface area contributed by atoms with Gasteiger partial charge in [0.1, 0.15) is 12.4 Å². The average Bonchev–Trinajstić information content (AvgIpc) is 2.81. The molecule has 1 aromatic carbocycles. The Hall–Kier alpha value is -1.10. The highest BCUT2D eigenvalue weighted by molar-refractivity contribution is 7.07. The molecule has 0 radical (unpaired) electrons. The Labute approximate surface area is 109 Å². The van der Waals surface area contributed by atoms with E-state index in [1.165, 1.54) is 0 Å². The van der Waals surface area contributed by atoms with E-state index in [0.29, 0.717) is 17.4 Å².